The zero-order valence-corrected chi connectivity index (χ0v) is 12.3. The van der Waals surface area contributed by atoms with Gasteiger partial charge in [-0.2, -0.15) is 11.8 Å². The predicted molar refractivity (Wildman–Crippen MR) is 76.2 cm³/mol. The average Bonchev–Trinajstić information content (AvgIpc) is 2.78. The Hall–Kier alpha value is -0.710. The van der Waals surface area contributed by atoms with Crippen molar-refractivity contribution in [2.24, 2.45) is 11.8 Å². The molecular formula is C14H23NO3S. The molecule has 0 aromatic rings. The Morgan fingerprint density at radius 3 is 2.79 bits per heavy atom. The van der Waals surface area contributed by atoms with E-state index in [4.69, 9.17) is 0 Å². The summed E-state index contributed by atoms with van der Waals surface area (Å²) in [7, 11) is 0. The molecule has 0 spiro atoms. The summed E-state index contributed by atoms with van der Waals surface area (Å²) >= 11 is 1.60. The minimum Gasteiger partial charge on any atom is -0.479 e. The highest BCUT2D eigenvalue weighted by molar-refractivity contribution is 7.99. The molecule has 3 atom stereocenters. The predicted octanol–water partition coefficient (Wildman–Crippen LogP) is 2.28. The fraction of sp³-hybridized carbons (Fsp3) is 0.857. The molecule has 2 N–H and O–H groups in total. The van der Waals surface area contributed by atoms with Crippen LogP contribution in [-0.2, 0) is 9.59 Å². The largest absolute Gasteiger partial charge is 0.479 e. The lowest BCUT2D eigenvalue weighted by molar-refractivity contribution is -0.146. The number of carbonyl (C=O) groups is 2. The van der Waals surface area contributed by atoms with E-state index in [-0.39, 0.29) is 5.91 Å². The van der Waals surface area contributed by atoms with Crippen LogP contribution in [0.4, 0.5) is 0 Å². The molecule has 5 heteroatoms. The number of rotatable bonds is 4. The lowest BCUT2D eigenvalue weighted by Gasteiger charge is -2.29. The molecule has 0 aromatic carbocycles. The molecule has 0 aromatic heterocycles. The zero-order chi connectivity index (χ0) is 13.9. The van der Waals surface area contributed by atoms with Gasteiger partial charge in [0, 0.05) is 12.2 Å². The Labute approximate surface area is 118 Å². The van der Waals surface area contributed by atoms with Gasteiger partial charge in [0.2, 0.25) is 5.91 Å². The van der Waals surface area contributed by atoms with Crippen LogP contribution in [-0.4, -0.2) is 34.0 Å². The fourth-order valence-corrected chi connectivity index (χ4v) is 4.54. The molecule has 19 heavy (non-hydrogen) atoms. The molecule has 0 bridgehead atoms. The van der Waals surface area contributed by atoms with E-state index in [2.05, 4.69) is 12.2 Å². The third-order valence-corrected chi connectivity index (χ3v) is 5.52. The topological polar surface area (TPSA) is 66.4 Å². The Morgan fingerprint density at radius 2 is 2.21 bits per heavy atom. The van der Waals surface area contributed by atoms with Crippen LogP contribution in [0.5, 0.6) is 0 Å². The standard InChI is InChI=1S/C14H23NO3S/c1-10-3-2-4-11(7-10)8-12(16)15-14(13(17)18)5-6-19-9-14/h10-11H,2-9H2,1H3,(H,15,16)(H,17,18). The first-order valence-corrected chi connectivity index (χ1v) is 8.29. The highest BCUT2D eigenvalue weighted by Gasteiger charge is 2.43. The van der Waals surface area contributed by atoms with Crippen molar-refractivity contribution >= 4 is 23.6 Å². The van der Waals surface area contributed by atoms with E-state index in [9.17, 15) is 14.7 Å². The SMILES string of the molecule is CC1CCCC(CC(=O)NC2(C(=O)O)CCSC2)C1. The van der Waals surface area contributed by atoms with Crippen molar-refractivity contribution in [1.82, 2.24) is 5.32 Å². The summed E-state index contributed by atoms with van der Waals surface area (Å²) in [5.74, 6) is 1.47. The molecule has 2 fully saturated rings. The number of carbonyl (C=O) groups excluding carboxylic acids is 1. The van der Waals surface area contributed by atoms with Crippen LogP contribution in [0, 0.1) is 11.8 Å². The molecule has 108 valence electrons. The molecule has 4 nitrogen and oxygen atoms in total. The minimum atomic E-state index is -1.01. The normalized spacial score (nSPS) is 35.0. The van der Waals surface area contributed by atoms with Gasteiger partial charge in [-0.15, -0.1) is 0 Å². The summed E-state index contributed by atoms with van der Waals surface area (Å²) in [6.45, 7) is 2.23. The van der Waals surface area contributed by atoms with Crippen LogP contribution >= 0.6 is 11.8 Å². The number of thioether (sulfide) groups is 1. The van der Waals surface area contributed by atoms with Gasteiger partial charge in [-0.05, 0) is 36.9 Å². The molecule has 1 saturated carbocycles. The highest BCUT2D eigenvalue weighted by Crippen LogP contribution is 2.32. The molecule has 1 aliphatic carbocycles. The first-order chi connectivity index (χ1) is 9.02. The molecular weight excluding hydrogens is 262 g/mol. The van der Waals surface area contributed by atoms with Crippen LogP contribution < -0.4 is 5.32 Å². The Balaban J connectivity index is 1.87. The third-order valence-electron chi connectivity index (χ3n) is 4.33. The Bertz CT molecular complexity index is 353. The van der Waals surface area contributed by atoms with Gasteiger partial charge in [0.25, 0.3) is 0 Å². The van der Waals surface area contributed by atoms with Gasteiger partial charge in [-0.3, -0.25) is 4.79 Å². The number of hydrogen-bond acceptors (Lipinski definition) is 3. The summed E-state index contributed by atoms with van der Waals surface area (Å²) < 4.78 is 0. The van der Waals surface area contributed by atoms with Gasteiger partial charge in [0.15, 0.2) is 0 Å². The fourth-order valence-electron chi connectivity index (χ4n) is 3.21. The maximum absolute atomic E-state index is 12.1. The second kappa shape index (κ2) is 6.16. The van der Waals surface area contributed by atoms with Gasteiger partial charge in [-0.1, -0.05) is 19.8 Å². The average molecular weight is 285 g/mol. The molecule has 2 rings (SSSR count). The smallest absolute Gasteiger partial charge is 0.330 e. The maximum Gasteiger partial charge on any atom is 0.330 e. The summed E-state index contributed by atoms with van der Waals surface area (Å²) in [6, 6.07) is 0. The monoisotopic (exact) mass is 285 g/mol. The summed E-state index contributed by atoms with van der Waals surface area (Å²) in [5.41, 5.74) is -1.01. The third kappa shape index (κ3) is 3.65. The van der Waals surface area contributed by atoms with Crippen molar-refractivity contribution < 1.29 is 14.7 Å². The maximum atomic E-state index is 12.1. The zero-order valence-electron chi connectivity index (χ0n) is 11.5. The first-order valence-electron chi connectivity index (χ1n) is 7.14. The first kappa shape index (κ1) is 14.7. The molecule has 1 saturated heterocycles. The van der Waals surface area contributed by atoms with Crippen LogP contribution in [0.1, 0.15) is 45.4 Å². The van der Waals surface area contributed by atoms with Crippen molar-refractivity contribution in [1.29, 1.82) is 0 Å². The van der Waals surface area contributed by atoms with Crippen LogP contribution in [0.25, 0.3) is 0 Å². The van der Waals surface area contributed by atoms with Gasteiger partial charge in [0.05, 0.1) is 0 Å². The molecule has 0 radical (unpaired) electrons. The van der Waals surface area contributed by atoms with E-state index in [0.717, 1.165) is 18.6 Å². The van der Waals surface area contributed by atoms with Crippen molar-refractivity contribution in [3.05, 3.63) is 0 Å². The Kier molecular flexibility index (Phi) is 4.76. The van der Waals surface area contributed by atoms with E-state index >= 15 is 0 Å². The quantitative estimate of drug-likeness (QED) is 0.831. The van der Waals surface area contributed by atoms with Gasteiger partial charge < -0.3 is 10.4 Å². The lowest BCUT2D eigenvalue weighted by Crippen LogP contribution is -2.55. The van der Waals surface area contributed by atoms with Crippen LogP contribution in [0.15, 0.2) is 0 Å². The van der Waals surface area contributed by atoms with E-state index in [1.165, 1.54) is 12.8 Å². The number of amides is 1. The van der Waals surface area contributed by atoms with E-state index in [0.29, 0.717) is 30.4 Å². The Morgan fingerprint density at radius 1 is 1.42 bits per heavy atom. The van der Waals surface area contributed by atoms with E-state index in [1.807, 2.05) is 0 Å². The summed E-state index contributed by atoms with van der Waals surface area (Å²) in [6.07, 6.45) is 5.69. The highest BCUT2D eigenvalue weighted by atomic mass is 32.2. The van der Waals surface area contributed by atoms with Gasteiger partial charge >= 0.3 is 5.97 Å². The molecule has 1 aliphatic heterocycles. The number of nitrogens with one attached hydrogen (secondary N) is 1. The summed E-state index contributed by atoms with van der Waals surface area (Å²) in [4.78, 5) is 23.5. The van der Waals surface area contributed by atoms with Crippen molar-refractivity contribution in [2.45, 2.75) is 51.0 Å². The number of carboxylic acid groups (broad SMARTS) is 1. The van der Waals surface area contributed by atoms with Crippen molar-refractivity contribution in [2.75, 3.05) is 11.5 Å². The summed E-state index contributed by atoms with van der Waals surface area (Å²) in [5, 5.41) is 12.1. The molecule has 3 unspecified atom stereocenters. The molecule has 1 heterocycles. The second-order valence-electron chi connectivity index (χ2n) is 6.08. The molecule has 2 aliphatic rings. The van der Waals surface area contributed by atoms with Crippen molar-refractivity contribution in [3.63, 3.8) is 0 Å². The number of carboxylic acids is 1. The minimum absolute atomic E-state index is 0.0796. The van der Waals surface area contributed by atoms with Crippen LogP contribution in [0.2, 0.25) is 0 Å². The molecule has 1 amide bonds. The van der Waals surface area contributed by atoms with Crippen LogP contribution in [0.3, 0.4) is 0 Å². The van der Waals surface area contributed by atoms with E-state index < -0.39 is 11.5 Å². The van der Waals surface area contributed by atoms with E-state index in [1.54, 1.807) is 11.8 Å². The number of aliphatic carboxylic acids is 1. The second-order valence-corrected chi connectivity index (χ2v) is 7.19. The van der Waals surface area contributed by atoms with Crippen molar-refractivity contribution in [3.8, 4) is 0 Å². The van der Waals surface area contributed by atoms with Gasteiger partial charge in [-0.25, -0.2) is 4.79 Å². The number of hydrogen-bond donors (Lipinski definition) is 2. The van der Waals surface area contributed by atoms with Gasteiger partial charge in [0.1, 0.15) is 5.54 Å². The lowest BCUT2D eigenvalue weighted by atomic mass is 9.80.